The Labute approximate surface area is 137 Å². The summed E-state index contributed by atoms with van der Waals surface area (Å²) in [7, 11) is 1.51. The minimum absolute atomic E-state index is 0.214. The second-order valence-corrected chi connectivity index (χ2v) is 6.17. The van der Waals surface area contributed by atoms with Gasteiger partial charge in [-0.1, -0.05) is 39.8 Å². The van der Waals surface area contributed by atoms with Crippen LogP contribution < -0.4 is 10.1 Å². The molecule has 0 saturated heterocycles. The highest BCUT2D eigenvalue weighted by Gasteiger charge is 2.16. The van der Waals surface area contributed by atoms with E-state index < -0.39 is 0 Å². The number of carbonyl (C=O) groups excluding carboxylic acids is 1. The van der Waals surface area contributed by atoms with Crippen LogP contribution in [0.25, 0.3) is 0 Å². The molecule has 0 saturated carbocycles. The Morgan fingerprint density at radius 2 is 1.87 bits per heavy atom. The third-order valence-corrected chi connectivity index (χ3v) is 3.82. The second kappa shape index (κ2) is 7.27. The molecule has 4 nitrogen and oxygen atoms in total. The molecule has 1 heterocycles. The molecule has 0 spiro atoms. The van der Waals surface area contributed by atoms with Gasteiger partial charge in [0.1, 0.15) is 5.56 Å². The molecule has 0 aliphatic heterocycles. The molecule has 0 aliphatic rings. The number of aromatic nitrogens is 1. The van der Waals surface area contributed by atoms with Gasteiger partial charge < -0.3 is 10.1 Å². The van der Waals surface area contributed by atoms with Gasteiger partial charge in [0.25, 0.3) is 5.91 Å². The summed E-state index contributed by atoms with van der Waals surface area (Å²) < 4.78 is 5.16. The lowest BCUT2D eigenvalue weighted by Crippen LogP contribution is -2.15. The average Bonchev–Trinajstić information content (AvgIpc) is 2.54. The molecule has 0 radical (unpaired) electrons. The third-order valence-electron chi connectivity index (χ3n) is 3.82. The third kappa shape index (κ3) is 3.89. The fourth-order valence-corrected chi connectivity index (χ4v) is 2.45. The molecule has 1 N–H and O–H groups in total. The van der Waals surface area contributed by atoms with E-state index in [4.69, 9.17) is 4.74 Å². The fourth-order valence-electron chi connectivity index (χ4n) is 2.45. The van der Waals surface area contributed by atoms with Crippen molar-refractivity contribution in [1.82, 2.24) is 4.98 Å². The van der Waals surface area contributed by atoms with Gasteiger partial charge in [0.2, 0.25) is 5.88 Å². The lowest BCUT2D eigenvalue weighted by molar-refractivity contribution is 0.102. The van der Waals surface area contributed by atoms with E-state index in [-0.39, 0.29) is 5.91 Å². The van der Waals surface area contributed by atoms with Crippen molar-refractivity contribution in [2.45, 2.75) is 39.5 Å². The molecule has 0 bridgehead atoms. The summed E-state index contributed by atoms with van der Waals surface area (Å²) in [4.78, 5) is 16.6. The Balaban J connectivity index is 2.34. The molecule has 122 valence electrons. The number of hydrogen-bond acceptors (Lipinski definition) is 3. The molecule has 0 atom stereocenters. The molecule has 1 aromatic carbocycles. The Bertz CT molecular complexity index is 694. The standard InChI is InChI=1S/C19H24N2O2/c1-12(2)14-8-9-17(16(11-14)13(3)4)21-18(22)15-7-6-10-20-19(15)23-5/h6-13H,1-5H3,(H,21,22). The van der Waals surface area contributed by atoms with Gasteiger partial charge in [-0.15, -0.1) is 0 Å². The maximum Gasteiger partial charge on any atom is 0.261 e. The predicted molar refractivity (Wildman–Crippen MR) is 93.4 cm³/mol. The smallest absolute Gasteiger partial charge is 0.261 e. The first-order valence-corrected chi connectivity index (χ1v) is 7.88. The predicted octanol–water partition coefficient (Wildman–Crippen LogP) is 4.59. The largest absolute Gasteiger partial charge is 0.480 e. The Morgan fingerprint density at radius 1 is 1.13 bits per heavy atom. The van der Waals surface area contributed by atoms with Gasteiger partial charge >= 0.3 is 0 Å². The van der Waals surface area contributed by atoms with Crippen molar-refractivity contribution in [3.63, 3.8) is 0 Å². The molecule has 23 heavy (non-hydrogen) atoms. The zero-order valence-corrected chi connectivity index (χ0v) is 14.4. The Hall–Kier alpha value is -2.36. The van der Waals surface area contributed by atoms with Crippen LogP contribution in [-0.2, 0) is 0 Å². The minimum Gasteiger partial charge on any atom is -0.480 e. The monoisotopic (exact) mass is 312 g/mol. The van der Waals surface area contributed by atoms with Crippen molar-refractivity contribution in [3.05, 3.63) is 53.2 Å². The topological polar surface area (TPSA) is 51.2 Å². The summed E-state index contributed by atoms with van der Waals surface area (Å²) in [5.41, 5.74) is 3.66. The number of carbonyl (C=O) groups is 1. The maximum atomic E-state index is 12.6. The maximum absolute atomic E-state index is 12.6. The summed E-state index contributed by atoms with van der Waals surface area (Å²) in [5, 5.41) is 2.99. The van der Waals surface area contributed by atoms with Crippen LogP contribution in [0.5, 0.6) is 5.88 Å². The number of methoxy groups -OCH3 is 1. The highest BCUT2D eigenvalue weighted by molar-refractivity contribution is 6.06. The van der Waals surface area contributed by atoms with Gasteiger partial charge in [-0.3, -0.25) is 4.79 Å². The van der Waals surface area contributed by atoms with Crippen molar-refractivity contribution in [1.29, 1.82) is 0 Å². The van der Waals surface area contributed by atoms with Gasteiger partial charge in [-0.25, -0.2) is 4.98 Å². The van der Waals surface area contributed by atoms with Gasteiger partial charge in [0, 0.05) is 11.9 Å². The van der Waals surface area contributed by atoms with Crippen LogP contribution in [0.4, 0.5) is 5.69 Å². The summed E-state index contributed by atoms with van der Waals surface area (Å²) in [5.74, 6) is 0.888. The minimum atomic E-state index is -0.214. The molecule has 0 fully saturated rings. The molecule has 4 heteroatoms. The number of pyridine rings is 1. The van der Waals surface area contributed by atoms with Crippen LogP contribution >= 0.6 is 0 Å². The summed E-state index contributed by atoms with van der Waals surface area (Å²) >= 11 is 0. The van der Waals surface area contributed by atoms with Crippen molar-refractivity contribution in [2.24, 2.45) is 0 Å². The van der Waals surface area contributed by atoms with Gasteiger partial charge in [-0.2, -0.15) is 0 Å². The first-order valence-electron chi connectivity index (χ1n) is 7.88. The van der Waals surface area contributed by atoms with Crippen molar-refractivity contribution in [3.8, 4) is 5.88 Å². The summed E-state index contributed by atoms with van der Waals surface area (Å²) in [6.45, 7) is 8.58. The number of nitrogens with one attached hydrogen (secondary N) is 1. The van der Waals surface area contributed by atoms with Crippen LogP contribution in [0.15, 0.2) is 36.5 Å². The lowest BCUT2D eigenvalue weighted by Gasteiger charge is -2.17. The number of ether oxygens (including phenoxy) is 1. The van der Waals surface area contributed by atoms with Crippen LogP contribution in [0, 0.1) is 0 Å². The number of benzene rings is 1. The summed E-state index contributed by atoms with van der Waals surface area (Å²) in [6.07, 6.45) is 1.60. The van der Waals surface area contributed by atoms with E-state index in [9.17, 15) is 4.79 Å². The first-order chi connectivity index (χ1) is 10.9. The van der Waals surface area contributed by atoms with Gasteiger partial charge in [0.05, 0.1) is 7.11 Å². The highest BCUT2D eigenvalue weighted by atomic mass is 16.5. The number of rotatable bonds is 5. The van der Waals surface area contributed by atoms with Gasteiger partial charge in [0.15, 0.2) is 0 Å². The normalized spacial score (nSPS) is 10.9. The molecule has 1 aromatic heterocycles. The number of amides is 1. The second-order valence-electron chi connectivity index (χ2n) is 6.17. The molecule has 2 aromatic rings. The van der Waals surface area contributed by atoms with E-state index in [2.05, 4.69) is 50.1 Å². The van der Waals surface area contributed by atoms with E-state index in [1.165, 1.54) is 12.7 Å². The quantitative estimate of drug-likeness (QED) is 0.878. The first kappa shape index (κ1) is 17.0. The molecule has 0 unspecified atom stereocenters. The van der Waals surface area contributed by atoms with Crippen LogP contribution in [0.3, 0.4) is 0 Å². The van der Waals surface area contributed by atoms with E-state index in [0.717, 1.165) is 11.3 Å². The lowest BCUT2D eigenvalue weighted by atomic mass is 9.94. The van der Waals surface area contributed by atoms with Crippen LogP contribution in [0.1, 0.15) is 61.0 Å². The van der Waals surface area contributed by atoms with Crippen molar-refractivity contribution in [2.75, 3.05) is 12.4 Å². The van der Waals surface area contributed by atoms with Gasteiger partial charge in [-0.05, 0) is 41.2 Å². The van der Waals surface area contributed by atoms with E-state index >= 15 is 0 Å². The van der Waals surface area contributed by atoms with Crippen LogP contribution in [0.2, 0.25) is 0 Å². The van der Waals surface area contributed by atoms with Crippen molar-refractivity contribution >= 4 is 11.6 Å². The number of nitrogens with zero attached hydrogens (tertiary/aromatic N) is 1. The van der Waals surface area contributed by atoms with E-state index in [0.29, 0.717) is 23.3 Å². The zero-order valence-electron chi connectivity index (χ0n) is 14.4. The Kier molecular flexibility index (Phi) is 5.37. The fraction of sp³-hybridized carbons (Fsp3) is 0.368. The van der Waals surface area contributed by atoms with E-state index in [1.807, 2.05) is 6.07 Å². The molecular weight excluding hydrogens is 288 g/mol. The Morgan fingerprint density at radius 3 is 2.48 bits per heavy atom. The summed E-state index contributed by atoms with van der Waals surface area (Å²) in [6, 6.07) is 9.64. The molecular formula is C19H24N2O2. The molecule has 2 rings (SSSR count). The van der Waals surface area contributed by atoms with E-state index in [1.54, 1.807) is 18.3 Å². The highest BCUT2D eigenvalue weighted by Crippen LogP contribution is 2.29. The zero-order chi connectivity index (χ0) is 17.0. The number of anilines is 1. The van der Waals surface area contributed by atoms with Crippen molar-refractivity contribution < 1.29 is 9.53 Å². The van der Waals surface area contributed by atoms with Crippen LogP contribution in [-0.4, -0.2) is 18.0 Å². The molecule has 0 aliphatic carbocycles. The molecule has 1 amide bonds. The SMILES string of the molecule is COc1ncccc1C(=O)Nc1ccc(C(C)C)cc1C(C)C. The number of hydrogen-bond donors (Lipinski definition) is 1. The average molecular weight is 312 g/mol.